The normalized spacial score (nSPS) is 12.0. The van der Waals surface area contributed by atoms with Crippen LogP contribution < -0.4 is 4.74 Å². The zero-order valence-corrected chi connectivity index (χ0v) is 30.0. The van der Waals surface area contributed by atoms with Gasteiger partial charge in [-0.2, -0.15) is 17.2 Å². The molecule has 0 aliphatic carbocycles. The summed E-state index contributed by atoms with van der Waals surface area (Å²) in [5, 5.41) is 7.15. The van der Waals surface area contributed by atoms with Gasteiger partial charge in [0.05, 0.1) is 17.0 Å². The first-order chi connectivity index (χ1) is 22.8. The van der Waals surface area contributed by atoms with Crippen LogP contribution in [0.25, 0.3) is 44.4 Å². The second kappa shape index (κ2) is 12.7. The summed E-state index contributed by atoms with van der Waals surface area (Å²) in [5.41, 5.74) is 4.15. The van der Waals surface area contributed by atoms with Crippen LogP contribution in [0, 0.1) is 30.7 Å². The van der Waals surface area contributed by atoms with Gasteiger partial charge < -0.3 is 9.30 Å². The second-order valence-electron chi connectivity index (χ2n) is 14.2. The van der Waals surface area contributed by atoms with Gasteiger partial charge in [0.15, 0.2) is 0 Å². The molecule has 0 aliphatic rings. The van der Waals surface area contributed by atoms with E-state index in [0.717, 1.165) is 33.2 Å². The maximum absolute atomic E-state index is 15.4. The van der Waals surface area contributed by atoms with Gasteiger partial charge in [0.2, 0.25) is 0 Å². The summed E-state index contributed by atoms with van der Waals surface area (Å²) in [7, 11) is 0. The van der Waals surface area contributed by atoms with E-state index in [1.807, 2.05) is 103 Å². The Morgan fingerprint density at radius 3 is 2.10 bits per heavy atom. The van der Waals surface area contributed by atoms with Crippen LogP contribution in [-0.4, -0.2) is 19.3 Å². The Labute approximate surface area is 299 Å². The maximum atomic E-state index is 15.4. The predicted octanol–water partition coefficient (Wildman–Crippen LogP) is 10.6. The number of aryl methyl sites for hydroxylation is 1. The molecule has 7 aromatic rings. The number of pyridine rings is 1. The molecule has 3 aromatic heterocycles. The summed E-state index contributed by atoms with van der Waals surface area (Å²) >= 11 is 0. The van der Waals surface area contributed by atoms with E-state index in [1.54, 1.807) is 4.68 Å². The van der Waals surface area contributed by atoms with Gasteiger partial charge in [-0.1, -0.05) is 71.3 Å². The molecule has 3 heterocycles. The number of fused-ring (bicyclic) bond motifs is 3. The SMILES string of the molecule is Cc1ccnc(-n2c3[c-]c(Oc4[c-]c(-n5nc(C(C)(C)C)c(-c6c(F)cccc6F)c5C(C)(C)C)ccc4)ccc3c3ccccc32)c1.[Pd+2]. The number of benzene rings is 4. The minimum Gasteiger partial charge on any atom is -0.509 e. The Kier molecular flexibility index (Phi) is 8.85. The van der Waals surface area contributed by atoms with Crippen LogP contribution in [0.4, 0.5) is 8.78 Å². The van der Waals surface area contributed by atoms with E-state index >= 15 is 8.78 Å². The molecule has 4 aromatic carbocycles. The van der Waals surface area contributed by atoms with Crippen molar-refractivity contribution in [3.63, 3.8) is 0 Å². The Hall–Kier alpha value is -4.64. The molecule has 250 valence electrons. The third-order valence-electron chi connectivity index (χ3n) is 8.41. The van der Waals surface area contributed by atoms with E-state index < -0.39 is 22.5 Å². The Bertz CT molecular complexity index is 2320. The molecule has 0 saturated carbocycles. The van der Waals surface area contributed by atoms with Gasteiger partial charge in [0.1, 0.15) is 17.5 Å². The molecule has 0 bridgehead atoms. The van der Waals surface area contributed by atoms with Crippen molar-refractivity contribution in [3.05, 3.63) is 132 Å². The molecule has 5 nitrogen and oxygen atoms in total. The summed E-state index contributed by atoms with van der Waals surface area (Å²) in [5.74, 6) is 0.499. The number of hydrogen-bond acceptors (Lipinski definition) is 3. The molecule has 0 spiro atoms. The van der Waals surface area contributed by atoms with E-state index in [1.165, 1.54) is 18.2 Å². The number of rotatable bonds is 5. The van der Waals surface area contributed by atoms with Crippen LogP contribution in [0.15, 0.2) is 91.1 Å². The van der Waals surface area contributed by atoms with Gasteiger partial charge in [-0.25, -0.2) is 13.8 Å². The summed E-state index contributed by atoms with van der Waals surface area (Å²) in [6.07, 6.45) is 1.81. The Balaban J connectivity index is 0.00000417. The molecular formula is C41H36F2N4OPd. The summed E-state index contributed by atoms with van der Waals surface area (Å²) in [4.78, 5) is 4.67. The van der Waals surface area contributed by atoms with Gasteiger partial charge in [-0.05, 0) is 53.9 Å². The van der Waals surface area contributed by atoms with E-state index in [9.17, 15) is 0 Å². The van der Waals surface area contributed by atoms with E-state index in [-0.39, 0.29) is 26.0 Å². The maximum Gasteiger partial charge on any atom is 2.00 e. The van der Waals surface area contributed by atoms with Crippen LogP contribution in [0.3, 0.4) is 0 Å². The standard InChI is InChI=1S/C41H36F2N4O.Pd/c1-25-20-21-44-35(22-25)46-33-17-9-8-14-29(33)30-19-18-28(24-34(30)46)48-27-13-10-12-26(23-27)47-39(41(5,6)7)37(38(45-47)40(2,3)4)36-31(42)15-11-16-32(36)43;/h8-22H,1-7H3;/q-2;+2. The van der Waals surface area contributed by atoms with Crippen molar-refractivity contribution in [1.82, 2.24) is 19.3 Å². The first-order valence-corrected chi connectivity index (χ1v) is 16.0. The quantitative estimate of drug-likeness (QED) is 0.130. The fourth-order valence-electron chi connectivity index (χ4n) is 6.34. The van der Waals surface area contributed by atoms with Crippen molar-refractivity contribution in [1.29, 1.82) is 0 Å². The Morgan fingerprint density at radius 1 is 0.714 bits per heavy atom. The number of halogens is 2. The largest absolute Gasteiger partial charge is 2.00 e. The van der Waals surface area contributed by atoms with Gasteiger partial charge in [0, 0.05) is 39.6 Å². The molecule has 8 heteroatoms. The minimum absolute atomic E-state index is 0. The molecule has 0 N–H and O–H groups in total. The van der Waals surface area contributed by atoms with Crippen LogP contribution in [0.1, 0.15) is 58.5 Å². The summed E-state index contributed by atoms with van der Waals surface area (Å²) < 4.78 is 41.1. The predicted molar refractivity (Wildman–Crippen MR) is 187 cm³/mol. The van der Waals surface area contributed by atoms with Gasteiger partial charge in [0.25, 0.3) is 0 Å². The molecule has 0 aliphatic heterocycles. The summed E-state index contributed by atoms with van der Waals surface area (Å²) in [6.45, 7) is 14.1. The number of nitrogens with zero attached hydrogens (tertiary/aromatic N) is 4. The van der Waals surface area contributed by atoms with E-state index in [4.69, 9.17) is 9.84 Å². The van der Waals surface area contributed by atoms with Crippen molar-refractivity contribution in [2.75, 3.05) is 0 Å². The average Bonchev–Trinajstić information content (AvgIpc) is 3.58. The fraction of sp³-hybridized carbons (Fsp3) is 0.220. The number of hydrogen-bond donors (Lipinski definition) is 0. The average molecular weight is 745 g/mol. The smallest absolute Gasteiger partial charge is 0.509 e. The van der Waals surface area contributed by atoms with Crippen molar-refractivity contribution >= 4 is 21.8 Å². The zero-order valence-electron chi connectivity index (χ0n) is 28.4. The number of ether oxygens (including phenoxy) is 1. The van der Waals surface area contributed by atoms with Gasteiger partial charge in [-0.15, -0.1) is 35.7 Å². The molecule has 0 radical (unpaired) electrons. The van der Waals surface area contributed by atoms with Crippen molar-refractivity contribution < 1.29 is 33.9 Å². The Morgan fingerprint density at radius 2 is 1.41 bits per heavy atom. The zero-order chi connectivity index (χ0) is 34.0. The topological polar surface area (TPSA) is 44.9 Å². The van der Waals surface area contributed by atoms with Crippen LogP contribution in [0.5, 0.6) is 11.5 Å². The molecule has 0 fully saturated rings. The monoisotopic (exact) mass is 744 g/mol. The molecule has 0 unspecified atom stereocenters. The van der Waals surface area contributed by atoms with Crippen molar-refractivity contribution in [2.24, 2.45) is 0 Å². The van der Waals surface area contributed by atoms with Crippen LogP contribution in [-0.2, 0) is 31.3 Å². The third-order valence-corrected chi connectivity index (χ3v) is 8.41. The van der Waals surface area contributed by atoms with E-state index in [0.29, 0.717) is 34.1 Å². The van der Waals surface area contributed by atoms with E-state index in [2.05, 4.69) is 39.9 Å². The molecule has 0 saturated heterocycles. The fourth-order valence-corrected chi connectivity index (χ4v) is 6.34. The number of para-hydroxylation sites is 1. The van der Waals surface area contributed by atoms with Crippen molar-refractivity contribution in [2.45, 2.75) is 59.3 Å². The second-order valence-corrected chi connectivity index (χ2v) is 14.2. The first-order valence-electron chi connectivity index (χ1n) is 16.0. The first kappa shape index (κ1) is 34.2. The molecule has 0 atom stereocenters. The van der Waals surface area contributed by atoms with Crippen LogP contribution >= 0.6 is 0 Å². The summed E-state index contributed by atoms with van der Waals surface area (Å²) in [6, 6.07) is 32.6. The van der Waals surface area contributed by atoms with Crippen LogP contribution in [0.2, 0.25) is 0 Å². The number of aromatic nitrogens is 4. The molecule has 49 heavy (non-hydrogen) atoms. The van der Waals surface area contributed by atoms with Gasteiger partial charge in [-0.3, -0.25) is 4.68 Å². The molecule has 0 amide bonds. The van der Waals surface area contributed by atoms with Crippen molar-refractivity contribution in [3.8, 4) is 34.1 Å². The van der Waals surface area contributed by atoms with Gasteiger partial charge >= 0.3 is 20.4 Å². The molecular weight excluding hydrogens is 709 g/mol. The minimum atomic E-state index is -0.629. The third kappa shape index (κ3) is 6.20. The molecule has 7 rings (SSSR count).